The number of amides is 1. The van der Waals surface area contributed by atoms with Crippen molar-refractivity contribution in [3.05, 3.63) is 109 Å². The van der Waals surface area contributed by atoms with Gasteiger partial charge in [-0.1, -0.05) is 36.1 Å². The lowest BCUT2D eigenvalue weighted by atomic mass is 9.98. The van der Waals surface area contributed by atoms with Crippen molar-refractivity contribution in [3.63, 3.8) is 0 Å². The molecule has 0 bridgehead atoms. The molecule has 1 atom stereocenters. The van der Waals surface area contributed by atoms with Gasteiger partial charge in [0.05, 0.1) is 27.6 Å². The number of ether oxygens (including phenoxy) is 1. The van der Waals surface area contributed by atoms with Crippen molar-refractivity contribution in [2.24, 2.45) is 0 Å². The number of non-ortho nitro benzene ring substituents is 1. The van der Waals surface area contributed by atoms with Crippen LogP contribution >= 0.6 is 11.3 Å². The van der Waals surface area contributed by atoms with E-state index in [0.29, 0.717) is 0 Å². The summed E-state index contributed by atoms with van der Waals surface area (Å²) in [5.74, 6) is -2.39. The lowest BCUT2D eigenvalue weighted by Gasteiger charge is -2.22. The molecule has 10 nitrogen and oxygen atoms in total. The van der Waals surface area contributed by atoms with Crippen molar-refractivity contribution in [2.75, 3.05) is 11.5 Å². The number of hydrogen-bond donors (Lipinski definition) is 0. The summed E-state index contributed by atoms with van der Waals surface area (Å²) in [6, 6.07) is 7.59. The molecule has 0 fully saturated rings. The van der Waals surface area contributed by atoms with Crippen LogP contribution in [-0.2, 0) is 4.74 Å². The summed E-state index contributed by atoms with van der Waals surface area (Å²) in [4.78, 5) is 56.2. The highest BCUT2D eigenvalue weighted by Crippen LogP contribution is 2.43. The lowest BCUT2D eigenvalue weighted by Crippen LogP contribution is -2.29. The molecule has 1 amide bonds. The van der Waals surface area contributed by atoms with Crippen molar-refractivity contribution in [2.45, 2.75) is 13.0 Å². The number of thiazole rings is 1. The highest BCUT2D eigenvalue weighted by atomic mass is 32.1. The van der Waals surface area contributed by atoms with Gasteiger partial charge in [0, 0.05) is 12.1 Å². The van der Waals surface area contributed by atoms with Gasteiger partial charge < -0.3 is 9.15 Å². The molecule has 12 heteroatoms. The van der Waals surface area contributed by atoms with Crippen LogP contribution in [0.5, 0.6) is 0 Å². The van der Waals surface area contributed by atoms with E-state index in [-0.39, 0.29) is 55.9 Å². The van der Waals surface area contributed by atoms with Gasteiger partial charge in [-0.15, -0.1) is 0 Å². The van der Waals surface area contributed by atoms with Gasteiger partial charge in [0.15, 0.2) is 10.6 Å². The third-order valence-electron chi connectivity index (χ3n) is 5.74. The Morgan fingerprint density at radius 1 is 1.32 bits per heavy atom. The van der Waals surface area contributed by atoms with Crippen LogP contribution in [0.2, 0.25) is 0 Å². The fourth-order valence-electron chi connectivity index (χ4n) is 4.14. The number of fused-ring (bicyclic) bond motifs is 2. The average molecular weight is 521 g/mol. The molecule has 0 N–H and O–H groups in total. The number of carbonyl (C=O) groups excluding carboxylic acids is 2. The summed E-state index contributed by atoms with van der Waals surface area (Å²) < 4.78 is 24.8. The van der Waals surface area contributed by atoms with E-state index in [1.807, 2.05) is 0 Å². The number of aryl methyl sites for hydroxylation is 1. The maximum absolute atomic E-state index is 14.0. The first kappa shape index (κ1) is 24.0. The van der Waals surface area contributed by atoms with E-state index in [9.17, 15) is 28.9 Å². The van der Waals surface area contributed by atoms with Gasteiger partial charge >= 0.3 is 5.97 Å². The number of carbonyl (C=O) groups is 2. The maximum Gasteiger partial charge on any atom is 0.350 e. The molecule has 37 heavy (non-hydrogen) atoms. The molecule has 0 saturated heterocycles. The fourth-order valence-corrected chi connectivity index (χ4v) is 5.13. The zero-order valence-electron chi connectivity index (χ0n) is 19.1. The van der Waals surface area contributed by atoms with Gasteiger partial charge in [0.1, 0.15) is 22.9 Å². The van der Waals surface area contributed by atoms with E-state index in [1.54, 1.807) is 6.92 Å². The molecular weight excluding hydrogens is 505 g/mol. The Morgan fingerprint density at radius 3 is 2.84 bits per heavy atom. The molecule has 4 aromatic rings. The summed E-state index contributed by atoms with van der Waals surface area (Å²) >= 11 is 0.859. The minimum absolute atomic E-state index is 0.00199. The molecule has 0 saturated carbocycles. The Labute approximate surface area is 211 Å². The minimum Gasteiger partial charge on any atom is -0.457 e. The Balaban J connectivity index is 1.74. The topological polar surface area (TPSA) is 133 Å². The summed E-state index contributed by atoms with van der Waals surface area (Å²) in [6.07, 6.45) is 1.40. The molecule has 5 rings (SSSR count). The molecule has 1 aliphatic rings. The van der Waals surface area contributed by atoms with E-state index in [1.165, 1.54) is 36.4 Å². The van der Waals surface area contributed by atoms with Gasteiger partial charge in [0.2, 0.25) is 5.76 Å². The van der Waals surface area contributed by atoms with Gasteiger partial charge in [-0.3, -0.25) is 24.6 Å². The SMILES string of the molecule is C=CCOC(=O)c1sc(N2C(=O)c3oc4ccc(F)cc4c(=O)c3C2c2cccc([N+](=O)[O-])c2)nc1C. The Bertz CT molecular complexity index is 1690. The van der Waals surface area contributed by atoms with Crippen molar-refractivity contribution in [3.8, 4) is 0 Å². The molecule has 1 unspecified atom stereocenters. The van der Waals surface area contributed by atoms with Gasteiger partial charge in [-0.2, -0.15) is 0 Å². The van der Waals surface area contributed by atoms with E-state index in [4.69, 9.17) is 9.15 Å². The standard InChI is InChI=1S/C25H16FN3O7S/c1-3-9-35-24(32)22-12(2)27-25(37-22)28-19(13-5-4-6-15(10-13)29(33)34)18-20(30)16-11-14(26)7-8-17(16)36-21(18)23(28)31/h3-8,10-11,19H,1,9H2,2H3. The van der Waals surface area contributed by atoms with Gasteiger partial charge in [-0.05, 0) is 30.7 Å². The summed E-state index contributed by atoms with van der Waals surface area (Å²) in [7, 11) is 0. The molecule has 0 aliphatic carbocycles. The Kier molecular flexibility index (Phi) is 5.88. The first-order valence-electron chi connectivity index (χ1n) is 10.8. The summed E-state index contributed by atoms with van der Waals surface area (Å²) in [6.45, 7) is 5.02. The Morgan fingerprint density at radius 2 is 2.11 bits per heavy atom. The number of aromatic nitrogens is 1. The molecule has 2 aromatic carbocycles. The van der Waals surface area contributed by atoms with Crippen molar-refractivity contribution >= 4 is 45.0 Å². The third kappa shape index (κ3) is 3.96. The zero-order chi connectivity index (χ0) is 26.4. The minimum atomic E-state index is -1.19. The molecule has 0 spiro atoms. The number of nitro benzene ring substituents is 1. The van der Waals surface area contributed by atoms with Crippen molar-refractivity contribution in [1.29, 1.82) is 0 Å². The van der Waals surface area contributed by atoms with E-state index >= 15 is 0 Å². The maximum atomic E-state index is 14.0. The molecule has 2 aromatic heterocycles. The monoisotopic (exact) mass is 521 g/mol. The zero-order valence-corrected chi connectivity index (χ0v) is 19.9. The van der Waals surface area contributed by atoms with Crippen LogP contribution in [0.4, 0.5) is 15.2 Å². The van der Waals surface area contributed by atoms with Crippen LogP contribution in [0.25, 0.3) is 11.0 Å². The number of hydrogen-bond acceptors (Lipinski definition) is 9. The number of rotatable bonds is 6. The molecule has 3 heterocycles. The van der Waals surface area contributed by atoms with Crippen LogP contribution in [0.15, 0.2) is 64.3 Å². The number of nitro groups is 1. The van der Waals surface area contributed by atoms with E-state index < -0.39 is 34.1 Å². The number of benzene rings is 2. The van der Waals surface area contributed by atoms with Crippen LogP contribution in [0, 0.1) is 22.9 Å². The smallest absolute Gasteiger partial charge is 0.350 e. The second-order valence-electron chi connectivity index (χ2n) is 8.04. The number of anilines is 1. The first-order valence-corrected chi connectivity index (χ1v) is 11.6. The number of halogens is 1. The summed E-state index contributed by atoms with van der Waals surface area (Å²) in [5.41, 5.74) is -0.537. The normalized spacial score (nSPS) is 14.6. The van der Waals surface area contributed by atoms with Crippen LogP contribution in [0.3, 0.4) is 0 Å². The lowest BCUT2D eigenvalue weighted by molar-refractivity contribution is -0.384. The van der Waals surface area contributed by atoms with E-state index in [0.717, 1.165) is 28.4 Å². The number of esters is 1. The quantitative estimate of drug-likeness (QED) is 0.154. The van der Waals surface area contributed by atoms with Crippen molar-refractivity contribution in [1.82, 2.24) is 4.98 Å². The van der Waals surface area contributed by atoms with Crippen LogP contribution in [0.1, 0.15) is 43.1 Å². The average Bonchev–Trinajstić information content (AvgIpc) is 3.40. The van der Waals surface area contributed by atoms with Gasteiger partial charge in [0.25, 0.3) is 11.6 Å². The third-order valence-corrected chi connectivity index (χ3v) is 6.87. The highest BCUT2D eigenvalue weighted by Gasteiger charge is 2.45. The molecule has 0 radical (unpaired) electrons. The second-order valence-corrected chi connectivity index (χ2v) is 9.02. The van der Waals surface area contributed by atoms with Crippen LogP contribution < -0.4 is 10.3 Å². The fraction of sp³-hybridized carbons (Fsp3) is 0.120. The van der Waals surface area contributed by atoms with Crippen LogP contribution in [-0.4, -0.2) is 28.4 Å². The number of nitrogens with zero attached hydrogens (tertiary/aromatic N) is 3. The highest BCUT2D eigenvalue weighted by molar-refractivity contribution is 7.17. The predicted molar refractivity (Wildman–Crippen MR) is 132 cm³/mol. The molecule has 186 valence electrons. The predicted octanol–water partition coefficient (Wildman–Crippen LogP) is 4.70. The second kappa shape index (κ2) is 9.06. The molecular formula is C25H16FN3O7S. The first-order chi connectivity index (χ1) is 17.7. The van der Waals surface area contributed by atoms with E-state index in [2.05, 4.69) is 11.6 Å². The largest absolute Gasteiger partial charge is 0.457 e. The summed E-state index contributed by atoms with van der Waals surface area (Å²) in [5, 5.41) is 11.4. The Hall–Kier alpha value is -4.71. The van der Waals surface area contributed by atoms with Crippen molar-refractivity contribution < 1.29 is 28.1 Å². The van der Waals surface area contributed by atoms with Gasteiger partial charge in [-0.25, -0.2) is 14.2 Å². The molecule has 1 aliphatic heterocycles.